The molecule has 0 saturated carbocycles. The van der Waals surface area contributed by atoms with Crippen LogP contribution >= 0.6 is 0 Å². The average Bonchev–Trinajstić information content (AvgIpc) is 3.06. The van der Waals surface area contributed by atoms with Gasteiger partial charge >= 0.3 is 0 Å². The summed E-state index contributed by atoms with van der Waals surface area (Å²) in [6, 6.07) is 7.51. The smallest absolute Gasteiger partial charge is 0.123 e. The van der Waals surface area contributed by atoms with Crippen molar-refractivity contribution in [2.24, 2.45) is 0 Å². The van der Waals surface area contributed by atoms with Gasteiger partial charge in [0.05, 0.1) is 11.9 Å². The first kappa shape index (κ1) is 17.0. The summed E-state index contributed by atoms with van der Waals surface area (Å²) in [7, 11) is 0. The van der Waals surface area contributed by atoms with Gasteiger partial charge < -0.3 is 4.74 Å². The van der Waals surface area contributed by atoms with Crippen LogP contribution < -0.4 is 0 Å². The van der Waals surface area contributed by atoms with Crippen LogP contribution in [0.5, 0.6) is 0 Å². The highest BCUT2D eigenvalue weighted by atomic mass is 19.1. The molecule has 0 spiro atoms. The molecular weight excluding hydrogens is 307 g/mol. The Balaban J connectivity index is 1.74. The normalized spacial score (nSPS) is 16.2. The minimum atomic E-state index is -0.198. The van der Waals surface area contributed by atoms with E-state index in [1.807, 2.05) is 23.0 Å². The van der Waals surface area contributed by atoms with Crippen LogP contribution in [0.1, 0.15) is 44.0 Å². The predicted octanol–water partition coefficient (Wildman–Crippen LogP) is 3.18. The van der Waals surface area contributed by atoms with E-state index in [9.17, 15) is 4.39 Å². The summed E-state index contributed by atoms with van der Waals surface area (Å²) in [4.78, 5) is 2.41. The molecule has 24 heavy (non-hydrogen) atoms. The van der Waals surface area contributed by atoms with Crippen molar-refractivity contribution in [3.05, 3.63) is 47.5 Å². The summed E-state index contributed by atoms with van der Waals surface area (Å²) < 4.78 is 20.5. The second-order valence-electron chi connectivity index (χ2n) is 6.66. The van der Waals surface area contributed by atoms with Gasteiger partial charge in [-0.1, -0.05) is 17.3 Å². The second-order valence-corrected chi connectivity index (χ2v) is 6.66. The number of nitrogens with zero attached hydrogens (tertiary/aromatic N) is 4. The maximum absolute atomic E-state index is 13.2. The molecule has 0 atom stereocenters. The number of hydrogen-bond acceptors (Lipinski definition) is 4. The predicted molar refractivity (Wildman–Crippen MR) is 89.9 cm³/mol. The van der Waals surface area contributed by atoms with Crippen LogP contribution in [0.4, 0.5) is 4.39 Å². The summed E-state index contributed by atoms with van der Waals surface area (Å²) in [5.41, 5.74) is 2.08. The van der Waals surface area contributed by atoms with Gasteiger partial charge in [-0.3, -0.25) is 4.90 Å². The zero-order chi connectivity index (χ0) is 16.9. The first-order valence-corrected chi connectivity index (χ1v) is 8.59. The minimum absolute atomic E-state index is 0.198. The van der Waals surface area contributed by atoms with Gasteiger partial charge in [0.25, 0.3) is 0 Å². The van der Waals surface area contributed by atoms with Gasteiger partial charge in [-0.15, -0.1) is 5.10 Å². The molecule has 6 heteroatoms. The SMILES string of the molecule is CC(C)n1cc(CN(Cc2ccc(F)cc2)C2CCOCC2)nn1. The standard InChI is InChI=1S/C18H25FN4O/c1-14(2)23-13-17(20-21-23)12-22(18-7-9-24-10-8-18)11-15-3-5-16(19)6-4-15/h3-6,13-14,18H,7-12H2,1-2H3. The third-order valence-electron chi connectivity index (χ3n) is 4.46. The Kier molecular flexibility index (Phi) is 5.58. The fourth-order valence-electron chi connectivity index (χ4n) is 3.03. The summed E-state index contributed by atoms with van der Waals surface area (Å²) >= 11 is 0. The Morgan fingerprint density at radius 3 is 2.54 bits per heavy atom. The molecule has 1 aromatic carbocycles. The quantitative estimate of drug-likeness (QED) is 0.815. The molecule has 3 rings (SSSR count). The Morgan fingerprint density at radius 1 is 1.21 bits per heavy atom. The van der Waals surface area contributed by atoms with Gasteiger partial charge in [-0.2, -0.15) is 0 Å². The first-order chi connectivity index (χ1) is 11.6. The Morgan fingerprint density at radius 2 is 1.92 bits per heavy atom. The zero-order valence-corrected chi connectivity index (χ0v) is 14.4. The molecule has 1 aromatic heterocycles. The highest BCUT2D eigenvalue weighted by Gasteiger charge is 2.23. The van der Waals surface area contributed by atoms with Crippen LogP contribution in [0.15, 0.2) is 30.5 Å². The van der Waals surface area contributed by atoms with Gasteiger partial charge in [-0.25, -0.2) is 9.07 Å². The minimum Gasteiger partial charge on any atom is -0.381 e. The first-order valence-electron chi connectivity index (χ1n) is 8.59. The molecule has 1 fully saturated rings. The maximum atomic E-state index is 13.2. The van der Waals surface area contributed by atoms with E-state index in [2.05, 4.69) is 29.1 Å². The molecule has 130 valence electrons. The van der Waals surface area contributed by atoms with Crippen molar-refractivity contribution in [3.63, 3.8) is 0 Å². The number of benzene rings is 1. The number of halogens is 1. The molecule has 1 aliphatic heterocycles. The van der Waals surface area contributed by atoms with Crippen LogP contribution in [-0.4, -0.2) is 39.1 Å². The van der Waals surface area contributed by atoms with Crippen molar-refractivity contribution in [1.82, 2.24) is 19.9 Å². The fraction of sp³-hybridized carbons (Fsp3) is 0.556. The monoisotopic (exact) mass is 332 g/mol. The van der Waals surface area contributed by atoms with Crippen molar-refractivity contribution >= 4 is 0 Å². The Labute approximate surface area is 142 Å². The highest BCUT2D eigenvalue weighted by Crippen LogP contribution is 2.20. The number of aromatic nitrogens is 3. The third kappa shape index (κ3) is 4.39. The summed E-state index contributed by atoms with van der Waals surface area (Å²) in [6.45, 7) is 7.29. The number of rotatable bonds is 6. The Hall–Kier alpha value is -1.79. The van der Waals surface area contributed by atoms with Gasteiger partial charge in [-0.05, 0) is 44.4 Å². The molecule has 2 heterocycles. The van der Waals surface area contributed by atoms with Gasteiger partial charge in [0.1, 0.15) is 5.82 Å². The van der Waals surface area contributed by atoms with E-state index < -0.39 is 0 Å². The lowest BCUT2D eigenvalue weighted by atomic mass is 10.1. The van der Waals surface area contributed by atoms with Crippen LogP contribution in [0.3, 0.4) is 0 Å². The van der Waals surface area contributed by atoms with E-state index in [1.54, 1.807) is 0 Å². The molecule has 1 aliphatic rings. The van der Waals surface area contributed by atoms with Crippen LogP contribution in [0.25, 0.3) is 0 Å². The molecular formula is C18H25FN4O. The molecule has 1 saturated heterocycles. The van der Waals surface area contributed by atoms with Gasteiger partial charge in [0, 0.05) is 38.4 Å². The second kappa shape index (κ2) is 7.85. The van der Waals surface area contributed by atoms with Crippen molar-refractivity contribution in [2.45, 2.75) is 51.9 Å². The van der Waals surface area contributed by atoms with Crippen molar-refractivity contribution in [1.29, 1.82) is 0 Å². The average molecular weight is 332 g/mol. The van der Waals surface area contributed by atoms with E-state index in [0.717, 1.165) is 50.4 Å². The topological polar surface area (TPSA) is 43.2 Å². The third-order valence-corrected chi connectivity index (χ3v) is 4.46. The largest absolute Gasteiger partial charge is 0.381 e. The number of ether oxygens (including phenoxy) is 1. The summed E-state index contributed by atoms with van der Waals surface area (Å²) in [6.07, 6.45) is 4.04. The molecule has 0 bridgehead atoms. The number of hydrogen-bond donors (Lipinski definition) is 0. The molecule has 0 amide bonds. The fourth-order valence-corrected chi connectivity index (χ4v) is 3.03. The van der Waals surface area contributed by atoms with Crippen molar-refractivity contribution in [2.75, 3.05) is 13.2 Å². The van der Waals surface area contributed by atoms with Crippen LogP contribution in [-0.2, 0) is 17.8 Å². The van der Waals surface area contributed by atoms with E-state index in [1.165, 1.54) is 12.1 Å². The maximum Gasteiger partial charge on any atom is 0.123 e. The molecule has 0 aliphatic carbocycles. The van der Waals surface area contributed by atoms with Crippen molar-refractivity contribution in [3.8, 4) is 0 Å². The van der Waals surface area contributed by atoms with Crippen molar-refractivity contribution < 1.29 is 9.13 Å². The molecule has 0 unspecified atom stereocenters. The van der Waals surface area contributed by atoms with Crippen LogP contribution in [0.2, 0.25) is 0 Å². The molecule has 5 nitrogen and oxygen atoms in total. The Bertz CT molecular complexity index is 635. The van der Waals surface area contributed by atoms with E-state index in [-0.39, 0.29) is 5.82 Å². The summed E-state index contributed by atoms with van der Waals surface area (Å²) in [5, 5.41) is 8.51. The zero-order valence-electron chi connectivity index (χ0n) is 14.4. The van der Waals surface area contributed by atoms with Gasteiger partial charge in [0.2, 0.25) is 0 Å². The van der Waals surface area contributed by atoms with Crippen LogP contribution in [0, 0.1) is 5.82 Å². The van der Waals surface area contributed by atoms with Gasteiger partial charge in [0.15, 0.2) is 0 Å². The lowest BCUT2D eigenvalue weighted by Gasteiger charge is -2.33. The lowest BCUT2D eigenvalue weighted by molar-refractivity contribution is 0.0272. The molecule has 0 radical (unpaired) electrons. The van der Waals surface area contributed by atoms with E-state index in [0.29, 0.717) is 12.1 Å². The lowest BCUT2D eigenvalue weighted by Crippen LogP contribution is -2.38. The summed E-state index contributed by atoms with van der Waals surface area (Å²) in [5.74, 6) is -0.198. The van der Waals surface area contributed by atoms with E-state index in [4.69, 9.17) is 4.74 Å². The highest BCUT2D eigenvalue weighted by molar-refractivity contribution is 5.16. The molecule has 2 aromatic rings. The van der Waals surface area contributed by atoms with E-state index >= 15 is 0 Å². The molecule has 0 N–H and O–H groups in total.